The monoisotopic (exact) mass is 1020 g/mol. The molecule has 2 fully saturated rings. The van der Waals surface area contributed by atoms with E-state index >= 15 is 0 Å². The molecule has 2 saturated carbocycles. The minimum absolute atomic E-state index is 0. The van der Waals surface area contributed by atoms with Gasteiger partial charge in [0, 0.05) is 11.7 Å². The summed E-state index contributed by atoms with van der Waals surface area (Å²) in [7, 11) is 9.87. The summed E-state index contributed by atoms with van der Waals surface area (Å²) in [6, 6.07) is 20.2. The Hall–Kier alpha value is -2.13. The van der Waals surface area contributed by atoms with Gasteiger partial charge in [0.05, 0.1) is 0 Å². The molecule has 360 valence electrons. The van der Waals surface area contributed by atoms with E-state index in [1.54, 1.807) is 0 Å². The van der Waals surface area contributed by atoms with Gasteiger partial charge in [-0.05, 0) is 133 Å². The van der Waals surface area contributed by atoms with E-state index in [0.717, 1.165) is 48.1 Å². The Labute approximate surface area is 431 Å². The second-order valence-electron chi connectivity index (χ2n) is 20.9. The number of hydrogen-bond acceptors (Lipinski definition) is 2. The molecule has 8 rings (SSSR count). The molecule has 0 N–H and O–H groups in total. The average Bonchev–Trinajstić information content (AvgIpc) is 4.09. The van der Waals surface area contributed by atoms with Gasteiger partial charge in [-0.2, -0.15) is 0 Å². The molecule has 0 saturated heterocycles. The Bertz CT molecular complexity index is 2020. The number of hydrogen-bond donors (Lipinski definition) is 0. The van der Waals surface area contributed by atoms with Crippen molar-refractivity contribution in [3.63, 3.8) is 0 Å². The van der Waals surface area contributed by atoms with Gasteiger partial charge in [0.2, 0.25) is 6.85 Å². The summed E-state index contributed by atoms with van der Waals surface area (Å²) < 4.78 is 0. The van der Waals surface area contributed by atoms with Crippen LogP contribution in [0.3, 0.4) is 0 Å². The quantitative estimate of drug-likeness (QED) is 0.0635. The molecule has 2 aromatic rings. The van der Waals surface area contributed by atoms with Crippen LogP contribution in [0.15, 0.2) is 135 Å². The number of allylic oxidation sites excluding steroid dienone is 12. The molecule has 0 spiro atoms. The molecule has 0 amide bonds. The summed E-state index contributed by atoms with van der Waals surface area (Å²) in [6.45, 7) is 28.0. The van der Waals surface area contributed by atoms with Crippen LogP contribution in [0.25, 0.3) is 11.5 Å². The molecular formula is C60H86B2Cl2N2Zr. The SMILES string of the molecule is C=CCCCC1C=C(B(C2C=Cc3ccccc32)N(C(C)C)C(C)C)c2ccccc21.C=CCCCC1CC(B(C2CCC3C=CC=CC32)N(C(C)C)C(C)C)C2C=CC=CC12.[CH3-].[CH3-].[Cl][Zr+2][Cl]. The Kier molecular flexibility index (Phi) is 24.1. The molecule has 0 heterocycles. The van der Waals surface area contributed by atoms with Gasteiger partial charge in [-0.3, -0.25) is 0 Å². The summed E-state index contributed by atoms with van der Waals surface area (Å²) in [5.74, 6) is 6.23. The molecular weight excluding hydrogens is 932 g/mol. The van der Waals surface area contributed by atoms with Crippen LogP contribution in [-0.2, 0) is 20.8 Å². The van der Waals surface area contributed by atoms with Crippen LogP contribution in [0.5, 0.6) is 0 Å². The second kappa shape index (κ2) is 28.1. The van der Waals surface area contributed by atoms with Crippen LogP contribution < -0.4 is 0 Å². The second-order valence-corrected chi connectivity index (χ2v) is 24.6. The van der Waals surface area contributed by atoms with Crippen molar-refractivity contribution in [3.8, 4) is 0 Å². The summed E-state index contributed by atoms with van der Waals surface area (Å²) in [4.78, 5) is 5.64. The van der Waals surface area contributed by atoms with E-state index in [-0.39, 0.29) is 14.9 Å². The Balaban J connectivity index is 0.000000269. The first-order valence-corrected chi connectivity index (χ1v) is 31.8. The van der Waals surface area contributed by atoms with Crippen molar-refractivity contribution < 1.29 is 20.8 Å². The fraction of sp³-hybridized carbons (Fsp3) is 0.500. The van der Waals surface area contributed by atoms with Crippen molar-refractivity contribution in [3.05, 3.63) is 172 Å². The van der Waals surface area contributed by atoms with Crippen molar-refractivity contribution in [2.75, 3.05) is 0 Å². The van der Waals surface area contributed by atoms with E-state index in [4.69, 9.17) is 17.0 Å². The fourth-order valence-electron chi connectivity index (χ4n) is 13.6. The van der Waals surface area contributed by atoms with E-state index in [0.29, 0.717) is 55.5 Å². The van der Waals surface area contributed by atoms with Crippen molar-refractivity contribution in [2.24, 2.45) is 29.6 Å². The Morgan fingerprint density at radius 2 is 1.21 bits per heavy atom. The molecule has 2 aromatic carbocycles. The maximum absolute atomic E-state index is 4.93. The van der Waals surface area contributed by atoms with Gasteiger partial charge in [-0.25, -0.2) is 0 Å². The zero-order valence-corrected chi connectivity index (χ0v) is 47.2. The zero-order valence-electron chi connectivity index (χ0n) is 43.2. The van der Waals surface area contributed by atoms with Gasteiger partial charge in [0.1, 0.15) is 0 Å². The molecule has 0 aromatic heterocycles. The minimum atomic E-state index is -0.826. The van der Waals surface area contributed by atoms with E-state index in [2.05, 4.69) is 200 Å². The predicted octanol–water partition coefficient (Wildman–Crippen LogP) is 17.5. The molecule has 6 aliphatic carbocycles. The number of benzene rings is 2. The normalized spacial score (nSPS) is 25.6. The third-order valence-corrected chi connectivity index (χ3v) is 15.8. The van der Waals surface area contributed by atoms with Gasteiger partial charge in [-0.15, -0.1) is 13.2 Å². The Morgan fingerprint density at radius 1 is 0.657 bits per heavy atom. The number of unbranched alkanes of at least 4 members (excludes halogenated alkanes) is 2. The van der Waals surface area contributed by atoms with E-state index in [1.807, 2.05) is 6.08 Å². The van der Waals surface area contributed by atoms with Crippen LogP contribution in [0, 0.1) is 44.4 Å². The molecule has 0 aliphatic heterocycles. The molecule has 7 heteroatoms. The van der Waals surface area contributed by atoms with E-state index < -0.39 is 20.8 Å². The van der Waals surface area contributed by atoms with Crippen LogP contribution in [0.2, 0.25) is 11.6 Å². The van der Waals surface area contributed by atoms with Gasteiger partial charge < -0.3 is 24.5 Å². The molecule has 9 unspecified atom stereocenters. The van der Waals surface area contributed by atoms with Gasteiger partial charge in [-0.1, -0.05) is 201 Å². The van der Waals surface area contributed by atoms with Crippen molar-refractivity contribution in [1.29, 1.82) is 0 Å². The number of halogens is 2. The average molecular weight is 1020 g/mol. The van der Waals surface area contributed by atoms with Gasteiger partial charge in [0.15, 0.2) is 0 Å². The maximum atomic E-state index is 4.93. The summed E-state index contributed by atoms with van der Waals surface area (Å²) in [6.07, 6.45) is 42.4. The van der Waals surface area contributed by atoms with E-state index in [1.165, 1.54) is 72.7 Å². The summed E-state index contributed by atoms with van der Waals surface area (Å²) in [5, 5.41) is 0. The van der Waals surface area contributed by atoms with Crippen LogP contribution in [-0.4, -0.2) is 47.5 Å². The third-order valence-electron chi connectivity index (χ3n) is 15.8. The van der Waals surface area contributed by atoms with Gasteiger partial charge in [0.25, 0.3) is 6.85 Å². The first-order valence-electron chi connectivity index (χ1n) is 25.5. The first kappa shape index (κ1) is 57.5. The topological polar surface area (TPSA) is 6.48 Å². The number of fused-ring (bicyclic) bond motifs is 4. The Morgan fingerprint density at radius 3 is 1.84 bits per heavy atom. The molecule has 0 bridgehead atoms. The van der Waals surface area contributed by atoms with Crippen molar-refractivity contribution in [2.45, 2.75) is 161 Å². The van der Waals surface area contributed by atoms with Crippen LogP contribution in [0.4, 0.5) is 0 Å². The van der Waals surface area contributed by atoms with Crippen molar-refractivity contribution in [1.82, 2.24) is 9.62 Å². The zero-order chi connectivity index (χ0) is 46.6. The number of nitrogens with zero attached hydrogens (tertiary/aromatic N) is 2. The van der Waals surface area contributed by atoms with E-state index in [9.17, 15) is 0 Å². The molecule has 0 radical (unpaired) electrons. The predicted molar refractivity (Wildman–Crippen MR) is 299 cm³/mol. The fourth-order valence-corrected chi connectivity index (χ4v) is 13.6. The van der Waals surface area contributed by atoms with Gasteiger partial charge >= 0.3 is 37.9 Å². The summed E-state index contributed by atoms with van der Waals surface area (Å²) in [5.41, 5.74) is 7.33. The van der Waals surface area contributed by atoms with Crippen molar-refractivity contribution >= 4 is 42.3 Å². The first-order chi connectivity index (χ1) is 31.5. The number of rotatable bonds is 18. The molecule has 67 heavy (non-hydrogen) atoms. The summed E-state index contributed by atoms with van der Waals surface area (Å²) >= 11 is -0.826. The standard InChI is InChI=1S/C29H44BN.C29H36BN.2CH3.2ClH.Zr/c2*1-6-7-8-14-24-20-29(27-17-12-11-15-25(24)27)30(31(21(2)3)22(4)5)28-19-18-23-13-9-10-16-26(23)28;;;;;/h6,9-13,15-17,21-29H,1,7-8,14,18-20H2,2-5H3;6,9-13,15-22,24,28H,1,7-8,14H2,2-5H3;2*1H3;2*1H;/q;;2*-1;;;+4/p-2. The molecule has 6 aliphatic rings. The third kappa shape index (κ3) is 13.6. The molecule has 9 atom stereocenters. The molecule has 2 nitrogen and oxygen atoms in total. The van der Waals surface area contributed by atoms with Crippen LogP contribution >= 0.6 is 17.0 Å². The van der Waals surface area contributed by atoms with Crippen LogP contribution in [0.1, 0.15) is 147 Å².